The second kappa shape index (κ2) is 7.93. The molecule has 1 aromatic heterocycles. The highest BCUT2D eigenvalue weighted by Gasteiger charge is 2.69. The van der Waals surface area contributed by atoms with Gasteiger partial charge >= 0.3 is 5.97 Å². The normalized spacial score (nSPS) is 45.9. The largest absolute Gasteiger partial charge is 0.481 e. The van der Waals surface area contributed by atoms with Gasteiger partial charge in [-0.15, -0.1) is 0 Å². The van der Waals surface area contributed by atoms with E-state index in [4.69, 9.17) is 4.98 Å². The summed E-state index contributed by atoms with van der Waals surface area (Å²) in [7, 11) is 0. The number of carboxylic acid groups (broad SMARTS) is 1. The number of pyridine rings is 1. The quantitative estimate of drug-likeness (QED) is 0.421. The van der Waals surface area contributed by atoms with E-state index in [9.17, 15) is 15.0 Å². The zero-order chi connectivity index (χ0) is 26.6. The molecule has 5 aliphatic carbocycles. The highest BCUT2D eigenvalue weighted by atomic mass is 16.4. The van der Waals surface area contributed by atoms with Crippen molar-refractivity contribution in [3.8, 4) is 0 Å². The van der Waals surface area contributed by atoms with Crippen molar-refractivity contribution in [2.75, 3.05) is 0 Å². The Morgan fingerprint density at radius 3 is 2.51 bits per heavy atom. The van der Waals surface area contributed by atoms with Gasteiger partial charge in [-0.25, -0.2) is 0 Å². The molecular weight excluding hydrogens is 458 g/mol. The molecule has 0 amide bonds. The lowest BCUT2D eigenvalue weighted by atomic mass is 9.33. The maximum Gasteiger partial charge on any atom is 0.310 e. The SMILES string of the molecule is C[C@H]1CCC[C@]2(C(=O)O)CC[C@]3(C)C(=CC[C@@H]4[C@@]5(C)Cc6cc(CO)cnc6C(C)(C)[C@@H]5CC[C@]43C)[C@H]12. The first-order valence-electron chi connectivity index (χ1n) is 14.9. The van der Waals surface area contributed by atoms with Crippen molar-refractivity contribution in [1.82, 2.24) is 4.98 Å². The van der Waals surface area contributed by atoms with Crippen molar-refractivity contribution in [3.05, 3.63) is 40.7 Å². The lowest BCUT2D eigenvalue weighted by Gasteiger charge is -2.70. The summed E-state index contributed by atoms with van der Waals surface area (Å²) in [4.78, 5) is 17.7. The van der Waals surface area contributed by atoms with Crippen molar-refractivity contribution in [3.63, 3.8) is 0 Å². The van der Waals surface area contributed by atoms with E-state index in [0.29, 0.717) is 17.8 Å². The standard InChI is InChI=1S/C33H47NO3/c1-20-8-7-12-33(28(36)37)15-14-31(5)23(26(20)33)9-10-25-30(4)17-22-16-21(19-35)18-34-27(22)29(2,3)24(30)11-13-32(25,31)6/h9,16,18,20,24-26,35H,7-8,10-15,17,19H2,1-6H3,(H,36,37)/t20-,24-,25+,26-,30-,31+,32+,33-/m0/s1. The Bertz CT molecular complexity index is 1170. The minimum atomic E-state index is -0.564. The average Bonchev–Trinajstić information content (AvgIpc) is 2.83. The van der Waals surface area contributed by atoms with Crippen LogP contribution in [0.1, 0.15) is 110 Å². The first-order valence-corrected chi connectivity index (χ1v) is 14.9. The maximum atomic E-state index is 12.8. The van der Waals surface area contributed by atoms with Crippen LogP contribution in [0.15, 0.2) is 23.9 Å². The molecule has 202 valence electrons. The summed E-state index contributed by atoms with van der Waals surface area (Å²) in [5.74, 6) is 1.18. The van der Waals surface area contributed by atoms with Crippen molar-refractivity contribution in [2.24, 2.45) is 45.3 Å². The molecule has 4 nitrogen and oxygen atoms in total. The summed E-state index contributed by atoms with van der Waals surface area (Å²) in [5.41, 5.74) is 4.75. The molecule has 0 aromatic carbocycles. The predicted octanol–water partition coefficient (Wildman–Crippen LogP) is 7.08. The molecule has 2 N–H and O–H groups in total. The number of aliphatic hydroxyl groups is 1. The Labute approximate surface area is 223 Å². The zero-order valence-electron chi connectivity index (χ0n) is 23.9. The Balaban J connectivity index is 1.47. The third kappa shape index (κ3) is 3.06. The minimum absolute atomic E-state index is 0.00848. The van der Waals surface area contributed by atoms with Crippen LogP contribution in [-0.2, 0) is 23.2 Å². The van der Waals surface area contributed by atoms with Gasteiger partial charge in [0.1, 0.15) is 0 Å². The number of fused-ring (bicyclic) bond motifs is 8. The molecule has 1 heterocycles. The van der Waals surface area contributed by atoms with Crippen molar-refractivity contribution >= 4 is 5.97 Å². The molecule has 1 aromatic rings. The molecule has 4 heteroatoms. The van der Waals surface area contributed by atoms with Crippen LogP contribution >= 0.6 is 0 Å². The number of hydrogen-bond donors (Lipinski definition) is 2. The molecule has 0 aliphatic heterocycles. The number of carbonyl (C=O) groups is 1. The molecule has 0 bridgehead atoms. The van der Waals surface area contributed by atoms with Gasteiger partial charge in [0.2, 0.25) is 0 Å². The van der Waals surface area contributed by atoms with Gasteiger partial charge in [-0.1, -0.05) is 72.1 Å². The fraction of sp³-hybridized carbons (Fsp3) is 0.758. The lowest BCUT2D eigenvalue weighted by Crippen LogP contribution is -2.65. The van der Waals surface area contributed by atoms with Gasteiger partial charge < -0.3 is 10.2 Å². The second-order valence-electron chi connectivity index (χ2n) is 15.0. The van der Waals surface area contributed by atoms with Crippen LogP contribution in [0.25, 0.3) is 0 Å². The molecule has 0 saturated heterocycles. The summed E-state index contributed by atoms with van der Waals surface area (Å²) in [6, 6.07) is 2.22. The second-order valence-corrected chi connectivity index (χ2v) is 15.0. The molecule has 0 unspecified atom stereocenters. The summed E-state index contributed by atoms with van der Waals surface area (Å²) >= 11 is 0. The third-order valence-corrected chi connectivity index (χ3v) is 13.3. The minimum Gasteiger partial charge on any atom is -0.481 e. The summed E-state index contributed by atoms with van der Waals surface area (Å²) in [6.07, 6.45) is 13.8. The number of hydrogen-bond acceptors (Lipinski definition) is 3. The highest BCUT2D eigenvalue weighted by molar-refractivity contribution is 5.76. The van der Waals surface area contributed by atoms with E-state index in [1.54, 1.807) is 0 Å². The topological polar surface area (TPSA) is 70.4 Å². The molecule has 3 saturated carbocycles. The van der Waals surface area contributed by atoms with Gasteiger partial charge in [-0.2, -0.15) is 0 Å². The van der Waals surface area contributed by atoms with Gasteiger partial charge in [0, 0.05) is 17.3 Å². The van der Waals surface area contributed by atoms with Crippen LogP contribution in [0.5, 0.6) is 0 Å². The average molecular weight is 506 g/mol. The summed E-state index contributed by atoms with van der Waals surface area (Å²) < 4.78 is 0. The molecule has 8 atom stereocenters. The Morgan fingerprint density at radius 1 is 1.05 bits per heavy atom. The van der Waals surface area contributed by atoms with Gasteiger partial charge in [0.15, 0.2) is 0 Å². The van der Waals surface area contributed by atoms with E-state index in [0.717, 1.165) is 50.5 Å². The van der Waals surface area contributed by atoms with Crippen LogP contribution in [-0.4, -0.2) is 21.2 Å². The number of aliphatic carboxylic acids is 1. The summed E-state index contributed by atoms with van der Waals surface area (Å²) in [5, 5.41) is 20.4. The monoisotopic (exact) mass is 505 g/mol. The van der Waals surface area contributed by atoms with E-state index >= 15 is 0 Å². The van der Waals surface area contributed by atoms with E-state index < -0.39 is 11.4 Å². The van der Waals surface area contributed by atoms with Gasteiger partial charge in [-0.3, -0.25) is 9.78 Å². The zero-order valence-corrected chi connectivity index (χ0v) is 23.9. The van der Waals surface area contributed by atoms with Crippen LogP contribution in [0, 0.1) is 45.3 Å². The fourth-order valence-electron chi connectivity index (χ4n) is 11.5. The first kappa shape index (κ1) is 25.6. The maximum absolute atomic E-state index is 12.8. The van der Waals surface area contributed by atoms with Gasteiger partial charge in [-0.05, 0) is 96.0 Å². The number of rotatable bonds is 2. The predicted molar refractivity (Wildman–Crippen MR) is 146 cm³/mol. The highest BCUT2D eigenvalue weighted by Crippen LogP contribution is 2.75. The molecule has 37 heavy (non-hydrogen) atoms. The number of allylic oxidation sites excluding steroid dienone is 2. The smallest absolute Gasteiger partial charge is 0.310 e. The fourth-order valence-corrected chi connectivity index (χ4v) is 11.5. The van der Waals surface area contributed by atoms with E-state index in [-0.39, 0.29) is 34.2 Å². The van der Waals surface area contributed by atoms with Gasteiger partial charge in [0.25, 0.3) is 0 Å². The van der Waals surface area contributed by atoms with E-state index in [1.165, 1.54) is 29.7 Å². The number of aromatic nitrogens is 1. The van der Waals surface area contributed by atoms with E-state index in [2.05, 4.69) is 53.7 Å². The van der Waals surface area contributed by atoms with Crippen LogP contribution < -0.4 is 0 Å². The molecule has 3 fully saturated rings. The van der Waals surface area contributed by atoms with Crippen molar-refractivity contribution in [1.29, 1.82) is 0 Å². The number of carboxylic acids is 1. The Hall–Kier alpha value is -1.68. The number of nitrogens with zero attached hydrogens (tertiary/aromatic N) is 1. The molecule has 5 aliphatic rings. The Kier molecular flexibility index (Phi) is 5.48. The first-order chi connectivity index (χ1) is 17.3. The van der Waals surface area contributed by atoms with Crippen molar-refractivity contribution < 1.29 is 15.0 Å². The molecule has 0 radical (unpaired) electrons. The lowest BCUT2D eigenvalue weighted by molar-refractivity contribution is -0.177. The Morgan fingerprint density at radius 2 is 1.81 bits per heavy atom. The van der Waals surface area contributed by atoms with Crippen LogP contribution in [0.2, 0.25) is 0 Å². The van der Waals surface area contributed by atoms with Crippen LogP contribution in [0.4, 0.5) is 0 Å². The van der Waals surface area contributed by atoms with Gasteiger partial charge in [0.05, 0.1) is 12.0 Å². The number of aliphatic hydroxyl groups excluding tert-OH is 1. The molecular formula is C33H47NO3. The van der Waals surface area contributed by atoms with Crippen LogP contribution in [0.3, 0.4) is 0 Å². The molecule has 6 rings (SSSR count). The third-order valence-electron chi connectivity index (χ3n) is 13.3. The summed E-state index contributed by atoms with van der Waals surface area (Å²) in [6.45, 7) is 14.8. The van der Waals surface area contributed by atoms with Crippen molar-refractivity contribution in [2.45, 2.75) is 111 Å². The van der Waals surface area contributed by atoms with E-state index in [1.807, 2.05) is 6.20 Å². The molecule has 0 spiro atoms.